The van der Waals surface area contributed by atoms with Gasteiger partial charge < -0.3 is 15.4 Å². The maximum Gasteiger partial charge on any atom is 0.228 e. The van der Waals surface area contributed by atoms with Crippen LogP contribution in [0.25, 0.3) is 0 Å². The molecular formula is C12H25ClN2O2. The van der Waals surface area contributed by atoms with Gasteiger partial charge in [0.1, 0.15) is 0 Å². The molecule has 17 heavy (non-hydrogen) atoms. The van der Waals surface area contributed by atoms with Crippen molar-refractivity contribution in [1.29, 1.82) is 0 Å². The SMILES string of the molecule is COCC(C)C(=O)N1CCCCC1C(C)N.Cl. The second-order valence-electron chi connectivity index (χ2n) is 4.81. The fourth-order valence-electron chi connectivity index (χ4n) is 2.38. The van der Waals surface area contributed by atoms with Crippen LogP contribution in [0.1, 0.15) is 33.1 Å². The Bertz CT molecular complexity index is 237. The van der Waals surface area contributed by atoms with Crippen LogP contribution in [0.2, 0.25) is 0 Å². The summed E-state index contributed by atoms with van der Waals surface area (Å²) < 4.78 is 5.03. The van der Waals surface area contributed by atoms with Gasteiger partial charge in [-0.2, -0.15) is 0 Å². The number of methoxy groups -OCH3 is 1. The molecule has 0 bridgehead atoms. The van der Waals surface area contributed by atoms with Gasteiger partial charge in [0, 0.05) is 25.7 Å². The van der Waals surface area contributed by atoms with Crippen molar-refractivity contribution in [3.8, 4) is 0 Å². The fraction of sp³-hybridized carbons (Fsp3) is 0.917. The molecule has 1 rings (SSSR count). The summed E-state index contributed by atoms with van der Waals surface area (Å²) in [5, 5.41) is 0. The predicted octanol–water partition coefficient (Wildman–Crippen LogP) is 1.42. The monoisotopic (exact) mass is 264 g/mol. The van der Waals surface area contributed by atoms with Gasteiger partial charge in [-0.15, -0.1) is 12.4 Å². The lowest BCUT2D eigenvalue weighted by molar-refractivity contribution is -0.140. The Morgan fingerprint density at radius 3 is 2.65 bits per heavy atom. The Labute approximate surface area is 110 Å². The van der Waals surface area contributed by atoms with Gasteiger partial charge in [-0.25, -0.2) is 0 Å². The number of nitrogens with two attached hydrogens (primary N) is 1. The molecule has 1 heterocycles. The molecule has 1 aliphatic heterocycles. The standard InChI is InChI=1S/C12H24N2O2.ClH/c1-9(8-16-3)12(15)14-7-5-4-6-11(14)10(2)13;/h9-11H,4-8,13H2,1-3H3;1H. The zero-order valence-corrected chi connectivity index (χ0v) is 11.8. The first-order chi connectivity index (χ1) is 7.57. The first-order valence-corrected chi connectivity index (χ1v) is 6.13. The number of nitrogens with zero attached hydrogens (tertiary/aromatic N) is 1. The first-order valence-electron chi connectivity index (χ1n) is 6.13. The van der Waals surface area contributed by atoms with E-state index in [2.05, 4.69) is 0 Å². The van der Waals surface area contributed by atoms with Crippen LogP contribution in [-0.2, 0) is 9.53 Å². The molecule has 3 unspecified atom stereocenters. The molecule has 1 saturated heterocycles. The lowest BCUT2D eigenvalue weighted by atomic mass is 9.95. The van der Waals surface area contributed by atoms with E-state index in [-0.39, 0.29) is 36.3 Å². The molecule has 3 atom stereocenters. The molecule has 0 aromatic carbocycles. The van der Waals surface area contributed by atoms with Crippen molar-refractivity contribution in [2.24, 2.45) is 11.7 Å². The number of hydrogen-bond donors (Lipinski definition) is 1. The highest BCUT2D eigenvalue weighted by atomic mass is 35.5. The molecule has 2 N–H and O–H groups in total. The molecule has 0 spiro atoms. The molecule has 1 fully saturated rings. The third-order valence-corrected chi connectivity index (χ3v) is 3.28. The number of likely N-dealkylation sites (tertiary alicyclic amines) is 1. The van der Waals surface area contributed by atoms with E-state index in [0.29, 0.717) is 6.61 Å². The van der Waals surface area contributed by atoms with Gasteiger partial charge in [-0.3, -0.25) is 4.79 Å². The zero-order chi connectivity index (χ0) is 12.1. The van der Waals surface area contributed by atoms with Gasteiger partial charge in [-0.1, -0.05) is 6.92 Å². The summed E-state index contributed by atoms with van der Waals surface area (Å²) in [5.74, 6) is 0.119. The number of amides is 1. The summed E-state index contributed by atoms with van der Waals surface area (Å²) in [7, 11) is 1.63. The fourth-order valence-corrected chi connectivity index (χ4v) is 2.38. The van der Waals surface area contributed by atoms with Crippen molar-refractivity contribution < 1.29 is 9.53 Å². The summed E-state index contributed by atoms with van der Waals surface area (Å²) >= 11 is 0. The Morgan fingerprint density at radius 2 is 2.12 bits per heavy atom. The van der Waals surface area contributed by atoms with Crippen molar-refractivity contribution in [3.05, 3.63) is 0 Å². The van der Waals surface area contributed by atoms with E-state index >= 15 is 0 Å². The number of halogens is 1. The number of carbonyl (C=O) groups is 1. The van der Waals surface area contributed by atoms with Gasteiger partial charge >= 0.3 is 0 Å². The van der Waals surface area contributed by atoms with Crippen LogP contribution in [0.5, 0.6) is 0 Å². The Kier molecular flexibility index (Phi) is 7.75. The average Bonchev–Trinajstić information content (AvgIpc) is 2.28. The maximum atomic E-state index is 12.2. The van der Waals surface area contributed by atoms with Crippen LogP contribution in [0.4, 0.5) is 0 Å². The molecular weight excluding hydrogens is 240 g/mol. The highest BCUT2D eigenvalue weighted by Crippen LogP contribution is 2.21. The number of piperidine rings is 1. The number of hydrogen-bond acceptors (Lipinski definition) is 3. The smallest absolute Gasteiger partial charge is 0.228 e. The van der Waals surface area contributed by atoms with Crippen LogP contribution in [-0.4, -0.2) is 43.2 Å². The van der Waals surface area contributed by atoms with E-state index in [4.69, 9.17) is 10.5 Å². The second kappa shape index (κ2) is 7.90. The highest BCUT2D eigenvalue weighted by molar-refractivity contribution is 5.85. The minimum Gasteiger partial charge on any atom is -0.384 e. The van der Waals surface area contributed by atoms with Crippen LogP contribution in [0.3, 0.4) is 0 Å². The summed E-state index contributed by atoms with van der Waals surface area (Å²) in [5.41, 5.74) is 5.94. The molecule has 0 radical (unpaired) electrons. The van der Waals surface area contributed by atoms with E-state index in [9.17, 15) is 4.79 Å². The molecule has 0 aromatic rings. The molecule has 5 heteroatoms. The number of rotatable bonds is 4. The van der Waals surface area contributed by atoms with Crippen LogP contribution in [0, 0.1) is 5.92 Å². The van der Waals surface area contributed by atoms with E-state index in [0.717, 1.165) is 19.4 Å². The van der Waals surface area contributed by atoms with E-state index < -0.39 is 0 Å². The van der Waals surface area contributed by atoms with Crippen molar-refractivity contribution in [3.63, 3.8) is 0 Å². The summed E-state index contributed by atoms with van der Waals surface area (Å²) in [4.78, 5) is 14.1. The van der Waals surface area contributed by atoms with Gasteiger partial charge in [-0.05, 0) is 26.2 Å². The summed E-state index contributed by atoms with van der Waals surface area (Å²) in [6, 6.07) is 0.263. The maximum absolute atomic E-state index is 12.2. The van der Waals surface area contributed by atoms with Crippen molar-refractivity contribution >= 4 is 18.3 Å². The zero-order valence-electron chi connectivity index (χ0n) is 11.0. The van der Waals surface area contributed by atoms with Gasteiger partial charge in [0.25, 0.3) is 0 Å². The van der Waals surface area contributed by atoms with Crippen LogP contribution in [0.15, 0.2) is 0 Å². The molecule has 1 amide bonds. The van der Waals surface area contributed by atoms with Gasteiger partial charge in [0.2, 0.25) is 5.91 Å². The first kappa shape index (κ1) is 16.7. The lowest BCUT2D eigenvalue weighted by Crippen LogP contribution is -2.53. The number of carbonyl (C=O) groups excluding carboxylic acids is 1. The normalized spacial score (nSPS) is 23.8. The Balaban J connectivity index is 0.00000256. The van der Waals surface area contributed by atoms with Crippen molar-refractivity contribution in [2.75, 3.05) is 20.3 Å². The van der Waals surface area contributed by atoms with E-state index in [1.165, 1.54) is 6.42 Å². The summed E-state index contributed by atoms with van der Waals surface area (Å²) in [6.07, 6.45) is 3.30. The molecule has 0 aliphatic carbocycles. The van der Waals surface area contributed by atoms with Crippen LogP contribution >= 0.6 is 12.4 Å². The largest absolute Gasteiger partial charge is 0.384 e. The van der Waals surface area contributed by atoms with E-state index in [1.807, 2.05) is 18.7 Å². The predicted molar refractivity (Wildman–Crippen MR) is 71.3 cm³/mol. The topological polar surface area (TPSA) is 55.6 Å². The van der Waals surface area contributed by atoms with Gasteiger partial charge in [0.05, 0.1) is 12.5 Å². The molecule has 1 aliphatic rings. The quantitative estimate of drug-likeness (QED) is 0.836. The highest BCUT2D eigenvalue weighted by Gasteiger charge is 2.31. The Hall–Kier alpha value is -0.320. The van der Waals surface area contributed by atoms with Crippen LogP contribution < -0.4 is 5.73 Å². The molecule has 102 valence electrons. The lowest BCUT2D eigenvalue weighted by Gasteiger charge is -2.39. The molecule has 0 aromatic heterocycles. The third kappa shape index (κ3) is 4.45. The summed E-state index contributed by atoms with van der Waals surface area (Å²) in [6.45, 7) is 5.23. The average molecular weight is 265 g/mol. The molecule has 0 saturated carbocycles. The van der Waals surface area contributed by atoms with Crippen molar-refractivity contribution in [1.82, 2.24) is 4.90 Å². The van der Waals surface area contributed by atoms with Crippen molar-refractivity contribution in [2.45, 2.75) is 45.2 Å². The third-order valence-electron chi connectivity index (χ3n) is 3.28. The van der Waals surface area contributed by atoms with Gasteiger partial charge in [0.15, 0.2) is 0 Å². The minimum absolute atomic E-state index is 0. The second-order valence-corrected chi connectivity index (χ2v) is 4.81. The minimum atomic E-state index is -0.0654. The molecule has 4 nitrogen and oxygen atoms in total. The van der Waals surface area contributed by atoms with E-state index in [1.54, 1.807) is 7.11 Å². The number of ether oxygens (including phenoxy) is 1. The Morgan fingerprint density at radius 1 is 1.47 bits per heavy atom.